The van der Waals surface area contributed by atoms with Gasteiger partial charge in [-0.3, -0.25) is 9.48 Å². The highest BCUT2D eigenvalue weighted by Crippen LogP contribution is 2.18. The van der Waals surface area contributed by atoms with Gasteiger partial charge in [-0.1, -0.05) is 0 Å². The van der Waals surface area contributed by atoms with E-state index in [9.17, 15) is 4.79 Å². The van der Waals surface area contributed by atoms with Crippen LogP contribution in [0.15, 0.2) is 0 Å². The highest BCUT2D eigenvalue weighted by atomic mass is 16.5. The van der Waals surface area contributed by atoms with E-state index in [1.54, 1.807) is 7.11 Å². The summed E-state index contributed by atoms with van der Waals surface area (Å²) in [5.74, 6) is 0.682. The second-order valence-corrected chi connectivity index (χ2v) is 6.14. The van der Waals surface area contributed by atoms with Gasteiger partial charge in [-0.2, -0.15) is 5.10 Å². The molecule has 1 atom stereocenters. The van der Waals surface area contributed by atoms with Crippen LogP contribution in [0.5, 0.6) is 0 Å². The van der Waals surface area contributed by atoms with Gasteiger partial charge in [-0.15, -0.1) is 0 Å². The second kappa shape index (κ2) is 7.74. The molecular weight excluding hydrogens is 280 g/mol. The van der Waals surface area contributed by atoms with Crippen LogP contribution in [-0.4, -0.2) is 53.9 Å². The van der Waals surface area contributed by atoms with Gasteiger partial charge in [0.2, 0.25) is 5.91 Å². The van der Waals surface area contributed by atoms with Gasteiger partial charge in [0.15, 0.2) is 0 Å². The fourth-order valence-electron chi connectivity index (χ4n) is 3.00. The third-order valence-corrected chi connectivity index (χ3v) is 4.55. The zero-order valence-corrected chi connectivity index (χ0v) is 14.2. The number of carbonyl (C=O) groups excluding carboxylic acids is 1. The summed E-state index contributed by atoms with van der Waals surface area (Å²) in [5, 5.41) is 7.77. The standard InChI is InChI=1S/C16H28N4O2/c1-12-15(13(2)19(3)18-12)11-20(7-8-22-4)16(21)9-14-5-6-17-10-14/h14,17H,5-11H2,1-4H3/t14-/m0/s1. The van der Waals surface area contributed by atoms with Crippen molar-refractivity contribution in [1.29, 1.82) is 0 Å². The van der Waals surface area contributed by atoms with E-state index in [1.165, 1.54) is 0 Å². The molecule has 0 aliphatic carbocycles. The first-order valence-corrected chi connectivity index (χ1v) is 7.99. The SMILES string of the molecule is COCCN(Cc1c(C)nn(C)c1C)C(=O)C[C@@H]1CCNC1. The largest absolute Gasteiger partial charge is 0.383 e. The Hall–Kier alpha value is -1.40. The molecule has 0 spiro atoms. The smallest absolute Gasteiger partial charge is 0.223 e. The van der Waals surface area contributed by atoms with Crippen LogP contribution >= 0.6 is 0 Å². The van der Waals surface area contributed by atoms with E-state index in [0.717, 1.165) is 36.5 Å². The Labute approximate surface area is 132 Å². The minimum absolute atomic E-state index is 0.216. The molecule has 6 heteroatoms. The Kier molecular flexibility index (Phi) is 5.97. The predicted molar refractivity (Wildman–Crippen MR) is 85.6 cm³/mol. The molecule has 6 nitrogen and oxygen atoms in total. The maximum atomic E-state index is 12.7. The minimum Gasteiger partial charge on any atom is -0.383 e. The molecule has 124 valence electrons. The van der Waals surface area contributed by atoms with E-state index < -0.39 is 0 Å². The molecule has 22 heavy (non-hydrogen) atoms. The van der Waals surface area contributed by atoms with E-state index in [2.05, 4.69) is 17.3 Å². The molecule has 1 amide bonds. The second-order valence-electron chi connectivity index (χ2n) is 6.14. The lowest BCUT2D eigenvalue weighted by atomic mass is 10.0. The van der Waals surface area contributed by atoms with Gasteiger partial charge in [-0.05, 0) is 39.3 Å². The number of aromatic nitrogens is 2. The lowest BCUT2D eigenvalue weighted by Crippen LogP contribution is -2.35. The zero-order valence-electron chi connectivity index (χ0n) is 14.2. The van der Waals surface area contributed by atoms with Crippen LogP contribution in [0, 0.1) is 19.8 Å². The van der Waals surface area contributed by atoms with Crippen LogP contribution in [0.4, 0.5) is 0 Å². The average Bonchev–Trinajstić information content (AvgIpc) is 3.06. The fourth-order valence-corrected chi connectivity index (χ4v) is 3.00. The van der Waals surface area contributed by atoms with Crippen molar-refractivity contribution in [3.8, 4) is 0 Å². The Balaban J connectivity index is 2.05. The Morgan fingerprint density at radius 3 is 2.82 bits per heavy atom. The molecule has 0 saturated carbocycles. The van der Waals surface area contributed by atoms with Crippen molar-refractivity contribution in [2.24, 2.45) is 13.0 Å². The van der Waals surface area contributed by atoms with Crippen LogP contribution in [0.3, 0.4) is 0 Å². The number of rotatable bonds is 7. The van der Waals surface area contributed by atoms with Gasteiger partial charge in [0.1, 0.15) is 0 Å². The van der Waals surface area contributed by atoms with Crippen LogP contribution in [-0.2, 0) is 23.1 Å². The van der Waals surface area contributed by atoms with Crippen molar-refractivity contribution in [3.63, 3.8) is 0 Å². The predicted octanol–water partition coefficient (Wildman–Crippen LogP) is 1.01. The van der Waals surface area contributed by atoms with E-state index in [1.807, 2.05) is 23.6 Å². The molecule has 2 rings (SSSR count). The van der Waals surface area contributed by atoms with Crippen molar-refractivity contribution >= 4 is 5.91 Å². The third-order valence-electron chi connectivity index (χ3n) is 4.55. The lowest BCUT2D eigenvalue weighted by Gasteiger charge is -2.24. The van der Waals surface area contributed by atoms with Crippen LogP contribution in [0.1, 0.15) is 29.8 Å². The maximum Gasteiger partial charge on any atom is 0.223 e. The molecule has 1 N–H and O–H groups in total. The third kappa shape index (κ3) is 4.08. The molecule has 1 fully saturated rings. The van der Waals surface area contributed by atoms with E-state index in [0.29, 0.717) is 32.0 Å². The number of hydrogen-bond donors (Lipinski definition) is 1. The fraction of sp³-hybridized carbons (Fsp3) is 0.750. The van der Waals surface area contributed by atoms with Crippen molar-refractivity contribution in [1.82, 2.24) is 20.0 Å². The maximum absolute atomic E-state index is 12.7. The quantitative estimate of drug-likeness (QED) is 0.817. The lowest BCUT2D eigenvalue weighted by molar-refractivity contribution is -0.133. The molecule has 1 aromatic heterocycles. The van der Waals surface area contributed by atoms with Gasteiger partial charge in [0, 0.05) is 44.9 Å². The summed E-state index contributed by atoms with van der Waals surface area (Å²) >= 11 is 0. The van der Waals surface area contributed by atoms with Crippen LogP contribution < -0.4 is 5.32 Å². The van der Waals surface area contributed by atoms with Gasteiger partial charge in [-0.25, -0.2) is 0 Å². The summed E-state index contributed by atoms with van der Waals surface area (Å²) in [7, 11) is 3.61. The topological polar surface area (TPSA) is 59.4 Å². The van der Waals surface area contributed by atoms with Gasteiger partial charge >= 0.3 is 0 Å². The summed E-state index contributed by atoms with van der Waals surface area (Å²) in [4.78, 5) is 14.6. The monoisotopic (exact) mass is 308 g/mol. The summed E-state index contributed by atoms with van der Waals surface area (Å²) in [6.07, 6.45) is 1.71. The molecule has 2 heterocycles. The van der Waals surface area contributed by atoms with Crippen molar-refractivity contribution < 1.29 is 9.53 Å². The number of ether oxygens (including phenoxy) is 1. The highest BCUT2D eigenvalue weighted by Gasteiger charge is 2.23. The van der Waals surface area contributed by atoms with Gasteiger partial charge in [0.05, 0.1) is 12.3 Å². The molecule has 0 unspecified atom stereocenters. The van der Waals surface area contributed by atoms with Gasteiger partial charge in [0.25, 0.3) is 0 Å². The Morgan fingerprint density at radius 2 is 2.27 bits per heavy atom. The number of methoxy groups -OCH3 is 1. The number of carbonyl (C=O) groups is 1. The zero-order chi connectivity index (χ0) is 16.1. The number of hydrogen-bond acceptors (Lipinski definition) is 4. The highest BCUT2D eigenvalue weighted by molar-refractivity contribution is 5.76. The number of nitrogens with one attached hydrogen (secondary N) is 1. The minimum atomic E-state index is 0.216. The molecule has 1 saturated heterocycles. The van der Waals surface area contributed by atoms with E-state index >= 15 is 0 Å². The van der Waals surface area contributed by atoms with E-state index in [4.69, 9.17) is 4.74 Å². The normalized spacial score (nSPS) is 17.9. The summed E-state index contributed by atoms with van der Waals surface area (Å²) in [5.41, 5.74) is 3.27. The first-order valence-electron chi connectivity index (χ1n) is 7.99. The average molecular weight is 308 g/mol. The summed E-state index contributed by atoms with van der Waals surface area (Å²) < 4.78 is 7.05. The first kappa shape index (κ1) is 17.0. The number of nitrogens with zero attached hydrogens (tertiary/aromatic N) is 3. The number of aryl methyl sites for hydroxylation is 2. The molecule has 1 aromatic rings. The molecule has 0 bridgehead atoms. The van der Waals surface area contributed by atoms with Crippen molar-refractivity contribution in [2.75, 3.05) is 33.4 Å². The molecule has 1 aliphatic rings. The summed E-state index contributed by atoms with van der Waals surface area (Å²) in [6, 6.07) is 0. The Morgan fingerprint density at radius 1 is 1.50 bits per heavy atom. The van der Waals surface area contributed by atoms with Gasteiger partial charge < -0.3 is 15.0 Å². The van der Waals surface area contributed by atoms with Crippen LogP contribution in [0.25, 0.3) is 0 Å². The first-order chi connectivity index (χ1) is 10.5. The molecule has 0 aromatic carbocycles. The summed E-state index contributed by atoms with van der Waals surface area (Å²) in [6.45, 7) is 7.84. The Bertz CT molecular complexity index is 506. The van der Waals surface area contributed by atoms with Crippen molar-refractivity contribution in [2.45, 2.75) is 33.2 Å². The van der Waals surface area contributed by atoms with Crippen LogP contribution in [0.2, 0.25) is 0 Å². The molecular formula is C16H28N4O2. The van der Waals surface area contributed by atoms with E-state index in [-0.39, 0.29) is 5.91 Å². The molecule has 0 radical (unpaired) electrons. The number of amides is 1. The molecule has 1 aliphatic heterocycles. The van der Waals surface area contributed by atoms with Crippen molar-refractivity contribution in [3.05, 3.63) is 17.0 Å².